The summed E-state index contributed by atoms with van der Waals surface area (Å²) in [5, 5.41) is 0. The van der Waals surface area contributed by atoms with Crippen LogP contribution in [0.4, 0.5) is 22.4 Å². The molecule has 3 fully saturated rings. The van der Waals surface area contributed by atoms with E-state index in [1.165, 1.54) is 4.90 Å². The molecule has 3 saturated heterocycles. The summed E-state index contributed by atoms with van der Waals surface area (Å²) in [6, 6.07) is 2.06. The van der Waals surface area contributed by atoms with Crippen LogP contribution in [0.15, 0.2) is 18.2 Å². The first-order valence-corrected chi connectivity index (χ1v) is 10.6. The molecule has 4 rings (SSSR count). The molecule has 3 heterocycles. The monoisotopic (exact) mass is 437 g/mol. The standard InChI is InChI=1S/C17H19F4N3O4S/c18-14-5-12(17(19,20)21)2-1-11(14)8-28-13-6-23(7-13)15(25)24-9-16(10-24)3-4-29(26,27)22-16/h1-2,5,13,22H,3-4,6-10H2. The number of carbonyl (C=O) groups excluding carboxylic acids is 1. The van der Waals surface area contributed by atoms with E-state index in [2.05, 4.69) is 4.72 Å². The molecule has 0 aromatic heterocycles. The normalized spacial score (nSPS) is 23.2. The van der Waals surface area contributed by atoms with E-state index in [-0.39, 0.29) is 43.1 Å². The van der Waals surface area contributed by atoms with E-state index in [1.54, 1.807) is 4.90 Å². The fourth-order valence-corrected chi connectivity index (χ4v) is 5.40. The van der Waals surface area contributed by atoms with Gasteiger partial charge in [-0.3, -0.25) is 0 Å². The maximum atomic E-state index is 13.8. The molecule has 2 amide bonds. The van der Waals surface area contributed by atoms with Crippen molar-refractivity contribution in [2.45, 2.75) is 30.8 Å². The molecule has 0 aliphatic carbocycles. The first-order chi connectivity index (χ1) is 13.5. The summed E-state index contributed by atoms with van der Waals surface area (Å²) in [6.07, 6.45) is -4.47. The molecule has 0 saturated carbocycles. The van der Waals surface area contributed by atoms with Gasteiger partial charge in [0.15, 0.2) is 0 Å². The molecule has 1 N–H and O–H groups in total. The molecule has 7 nitrogen and oxygen atoms in total. The van der Waals surface area contributed by atoms with E-state index in [4.69, 9.17) is 4.74 Å². The van der Waals surface area contributed by atoms with Crippen molar-refractivity contribution in [2.75, 3.05) is 31.9 Å². The predicted molar refractivity (Wildman–Crippen MR) is 92.8 cm³/mol. The van der Waals surface area contributed by atoms with E-state index < -0.39 is 33.1 Å². The van der Waals surface area contributed by atoms with Crippen molar-refractivity contribution in [3.8, 4) is 0 Å². The third kappa shape index (κ3) is 4.05. The molecule has 29 heavy (non-hydrogen) atoms. The zero-order valence-electron chi connectivity index (χ0n) is 15.2. The van der Waals surface area contributed by atoms with Crippen LogP contribution in [0.2, 0.25) is 0 Å². The predicted octanol–water partition coefficient (Wildman–Crippen LogP) is 1.54. The van der Waals surface area contributed by atoms with Gasteiger partial charge in [0.1, 0.15) is 5.82 Å². The van der Waals surface area contributed by atoms with Crippen LogP contribution in [0.3, 0.4) is 0 Å². The molecule has 3 aliphatic rings. The molecule has 0 radical (unpaired) electrons. The minimum Gasteiger partial charge on any atom is -0.370 e. The van der Waals surface area contributed by atoms with E-state index in [0.29, 0.717) is 25.6 Å². The highest BCUT2D eigenvalue weighted by molar-refractivity contribution is 7.89. The molecule has 1 spiro atoms. The van der Waals surface area contributed by atoms with E-state index >= 15 is 0 Å². The number of hydrogen-bond acceptors (Lipinski definition) is 4. The van der Waals surface area contributed by atoms with Gasteiger partial charge < -0.3 is 14.5 Å². The van der Waals surface area contributed by atoms with Gasteiger partial charge in [0.25, 0.3) is 0 Å². The topological polar surface area (TPSA) is 79.0 Å². The number of alkyl halides is 3. The van der Waals surface area contributed by atoms with Gasteiger partial charge >= 0.3 is 12.2 Å². The molecule has 1 aromatic carbocycles. The van der Waals surface area contributed by atoms with Crippen molar-refractivity contribution in [3.63, 3.8) is 0 Å². The molecule has 0 bridgehead atoms. The minimum atomic E-state index is -4.61. The van der Waals surface area contributed by atoms with Gasteiger partial charge in [0.05, 0.1) is 42.7 Å². The fraction of sp³-hybridized carbons (Fsp3) is 0.588. The maximum Gasteiger partial charge on any atom is 0.416 e. The number of likely N-dealkylation sites (tertiary alicyclic amines) is 2. The lowest BCUT2D eigenvalue weighted by molar-refractivity contribution is -0.137. The van der Waals surface area contributed by atoms with E-state index in [9.17, 15) is 30.8 Å². The number of nitrogens with zero attached hydrogens (tertiary/aromatic N) is 2. The molecule has 3 aliphatic heterocycles. The Labute approximate surface area is 164 Å². The summed E-state index contributed by atoms with van der Waals surface area (Å²) in [5.41, 5.74) is -1.59. The van der Waals surface area contributed by atoms with Crippen LogP contribution in [0.5, 0.6) is 0 Å². The molecular weight excluding hydrogens is 418 g/mol. The highest BCUT2D eigenvalue weighted by Crippen LogP contribution is 2.33. The van der Waals surface area contributed by atoms with Crippen molar-refractivity contribution in [1.29, 1.82) is 0 Å². The average Bonchev–Trinajstić information content (AvgIpc) is 2.88. The van der Waals surface area contributed by atoms with Crippen LogP contribution in [0, 0.1) is 5.82 Å². The van der Waals surface area contributed by atoms with Crippen LogP contribution in [0.1, 0.15) is 17.5 Å². The number of carbonyl (C=O) groups is 1. The Kier molecular flexibility index (Phi) is 4.78. The molecule has 1 aromatic rings. The number of rotatable bonds is 3. The second kappa shape index (κ2) is 6.81. The number of amides is 2. The second-order valence-electron chi connectivity index (χ2n) is 7.73. The van der Waals surface area contributed by atoms with E-state index in [1.807, 2.05) is 0 Å². The summed E-state index contributed by atoms with van der Waals surface area (Å²) in [6.45, 7) is 1.03. The quantitative estimate of drug-likeness (QED) is 0.728. The molecule has 0 unspecified atom stereocenters. The third-order valence-electron chi connectivity index (χ3n) is 5.45. The Morgan fingerprint density at radius 2 is 1.93 bits per heavy atom. The maximum absolute atomic E-state index is 13.8. The Balaban J connectivity index is 1.22. The summed E-state index contributed by atoms with van der Waals surface area (Å²) in [5.74, 6) is -0.924. The number of benzene rings is 1. The van der Waals surface area contributed by atoms with Crippen molar-refractivity contribution in [2.24, 2.45) is 0 Å². The van der Waals surface area contributed by atoms with E-state index in [0.717, 1.165) is 12.1 Å². The van der Waals surface area contributed by atoms with Crippen molar-refractivity contribution in [1.82, 2.24) is 14.5 Å². The average molecular weight is 437 g/mol. The number of ether oxygens (including phenoxy) is 1. The molecule has 160 valence electrons. The van der Waals surface area contributed by atoms with Crippen LogP contribution >= 0.6 is 0 Å². The van der Waals surface area contributed by atoms with Gasteiger partial charge in [0, 0.05) is 18.7 Å². The van der Waals surface area contributed by atoms with Gasteiger partial charge in [-0.15, -0.1) is 0 Å². The first-order valence-electron chi connectivity index (χ1n) is 8.99. The van der Waals surface area contributed by atoms with Crippen LogP contribution in [-0.4, -0.2) is 67.8 Å². The van der Waals surface area contributed by atoms with Crippen molar-refractivity contribution >= 4 is 16.1 Å². The lowest BCUT2D eigenvalue weighted by Crippen LogP contribution is -2.71. The number of hydrogen-bond donors (Lipinski definition) is 1. The van der Waals surface area contributed by atoms with Crippen LogP contribution in [0.25, 0.3) is 0 Å². The fourth-order valence-electron chi connectivity index (χ4n) is 3.75. The number of nitrogens with one attached hydrogen (secondary N) is 1. The Morgan fingerprint density at radius 1 is 1.24 bits per heavy atom. The van der Waals surface area contributed by atoms with Gasteiger partial charge in [0.2, 0.25) is 10.0 Å². The Morgan fingerprint density at radius 3 is 2.48 bits per heavy atom. The smallest absolute Gasteiger partial charge is 0.370 e. The van der Waals surface area contributed by atoms with Crippen LogP contribution < -0.4 is 4.72 Å². The molecular formula is C17H19F4N3O4S. The van der Waals surface area contributed by atoms with Crippen molar-refractivity contribution in [3.05, 3.63) is 35.1 Å². The molecule has 12 heteroatoms. The third-order valence-corrected chi connectivity index (χ3v) is 6.94. The van der Waals surface area contributed by atoms with Gasteiger partial charge in [-0.25, -0.2) is 22.3 Å². The van der Waals surface area contributed by atoms with Crippen molar-refractivity contribution < 1.29 is 35.5 Å². The zero-order valence-corrected chi connectivity index (χ0v) is 16.0. The Bertz CT molecular complexity index is 925. The first kappa shape index (κ1) is 20.4. The van der Waals surface area contributed by atoms with Gasteiger partial charge in [-0.05, 0) is 18.6 Å². The number of urea groups is 1. The molecule has 0 atom stereocenters. The Hall–Kier alpha value is -1.92. The van der Waals surface area contributed by atoms with Gasteiger partial charge in [-0.2, -0.15) is 13.2 Å². The van der Waals surface area contributed by atoms with Crippen LogP contribution in [-0.2, 0) is 27.5 Å². The minimum absolute atomic E-state index is 0.0148. The highest BCUT2D eigenvalue weighted by atomic mass is 32.2. The second-order valence-corrected chi connectivity index (χ2v) is 9.57. The SMILES string of the molecule is O=C(N1CC(OCc2ccc(C(F)(F)F)cc2F)C1)N1CC2(CCS(=O)(=O)N2)C1. The largest absolute Gasteiger partial charge is 0.416 e. The zero-order chi connectivity index (χ0) is 21.0. The summed E-state index contributed by atoms with van der Waals surface area (Å²) < 4.78 is 82.6. The number of halogens is 4. The lowest BCUT2D eigenvalue weighted by atomic mass is 9.88. The summed E-state index contributed by atoms with van der Waals surface area (Å²) in [4.78, 5) is 15.5. The lowest BCUT2D eigenvalue weighted by Gasteiger charge is -2.51. The van der Waals surface area contributed by atoms with Gasteiger partial charge in [-0.1, -0.05) is 6.07 Å². The summed E-state index contributed by atoms with van der Waals surface area (Å²) in [7, 11) is -3.25. The summed E-state index contributed by atoms with van der Waals surface area (Å²) >= 11 is 0. The highest BCUT2D eigenvalue weighted by Gasteiger charge is 2.53. The number of sulfonamides is 1.